The first-order chi connectivity index (χ1) is 18.7. The highest BCUT2D eigenvalue weighted by atomic mass is 127. The van der Waals surface area contributed by atoms with Gasteiger partial charge in [-0.3, -0.25) is 14.1 Å². The second-order valence-electron chi connectivity index (χ2n) is 9.47. The summed E-state index contributed by atoms with van der Waals surface area (Å²) >= 11 is 2.18. The molecule has 39 heavy (non-hydrogen) atoms. The summed E-state index contributed by atoms with van der Waals surface area (Å²) in [6, 6.07) is 11.7. The van der Waals surface area contributed by atoms with E-state index in [1.165, 1.54) is 27.3 Å². The Hall–Kier alpha value is -3.43. The van der Waals surface area contributed by atoms with Crippen LogP contribution in [0.25, 0.3) is 33.2 Å². The summed E-state index contributed by atoms with van der Waals surface area (Å²) < 4.78 is 17.8. The van der Waals surface area contributed by atoms with E-state index in [9.17, 15) is 14.5 Å². The zero-order valence-electron chi connectivity index (χ0n) is 21.7. The van der Waals surface area contributed by atoms with E-state index in [-0.39, 0.29) is 16.4 Å². The van der Waals surface area contributed by atoms with E-state index in [1.54, 1.807) is 18.2 Å². The average molecular weight is 661 g/mol. The number of nitro benzene ring substituents is 1. The van der Waals surface area contributed by atoms with Gasteiger partial charge < -0.3 is 19.7 Å². The molecule has 0 atom stereocenters. The maximum absolute atomic E-state index is 14.0. The molecule has 0 aliphatic carbocycles. The highest BCUT2D eigenvalue weighted by Gasteiger charge is 2.21. The Bertz CT molecular complexity index is 1700. The van der Waals surface area contributed by atoms with E-state index in [0.29, 0.717) is 35.2 Å². The Labute approximate surface area is 240 Å². The zero-order chi connectivity index (χ0) is 27.8. The van der Waals surface area contributed by atoms with Gasteiger partial charge in [-0.25, -0.2) is 9.37 Å². The van der Waals surface area contributed by atoms with E-state index in [2.05, 4.69) is 26.5 Å². The summed E-state index contributed by atoms with van der Waals surface area (Å²) in [6.07, 6.45) is 3.84. The summed E-state index contributed by atoms with van der Waals surface area (Å²) in [6.45, 7) is 1.41. The largest absolute Gasteiger partial charge is 0.368 e. The van der Waals surface area contributed by atoms with Gasteiger partial charge in [0.2, 0.25) is 5.95 Å². The molecule has 202 valence electrons. The van der Waals surface area contributed by atoms with E-state index in [0.717, 1.165) is 28.4 Å². The molecule has 0 aliphatic rings. The minimum atomic E-state index is -0.380. The first kappa shape index (κ1) is 27.1. The molecule has 0 saturated carbocycles. The normalized spacial score (nSPS) is 11.6. The first-order valence-corrected chi connectivity index (χ1v) is 15.3. The number of fused-ring (bicyclic) bond motifs is 2. The molecule has 13 heteroatoms. The Kier molecular flexibility index (Phi) is 7.64. The van der Waals surface area contributed by atoms with Crippen LogP contribution in [0.1, 0.15) is 0 Å². The number of likely N-dealkylation sites (N-methyl/N-ethyl adjacent to an activating group) is 2. The lowest BCUT2D eigenvalue weighted by atomic mass is 10.1. The van der Waals surface area contributed by atoms with Crippen molar-refractivity contribution in [2.75, 3.05) is 44.4 Å². The van der Waals surface area contributed by atoms with Crippen LogP contribution in [0, 0.1) is 15.9 Å². The van der Waals surface area contributed by atoms with Crippen LogP contribution < -0.4 is 10.2 Å². The van der Waals surface area contributed by atoms with Gasteiger partial charge in [0.15, 0.2) is 5.65 Å². The molecule has 0 spiro atoms. The SMILES string of the molecule is CN(C)CCN(C)c1ccc(Nc2nc(-c3cn(C)c4cc(F)ccc34)c3ccn(SI)c3n2)cc1[N+](=O)[O-]. The molecule has 0 radical (unpaired) electrons. The summed E-state index contributed by atoms with van der Waals surface area (Å²) in [5, 5.41) is 16.8. The third-order valence-electron chi connectivity index (χ3n) is 6.52. The van der Waals surface area contributed by atoms with Crippen molar-refractivity contribution in [3.05, 3.63) is 70.8 Å². The standard InChI is InChI=1S/C26H26FIN8O2S/c1-32(2)11-12-33(3)21-8-6-17(14-23(21)36(37)38)29-26-30-24(19-9-10-35(39-28)25(19)31-26)20-15-34(4)22-13-16(27)5-7-18(20)22/h5-10,13-15H,11-12H2,1-4H3,(H,29,30,31). The Morgan fingerprint density at radius 2 is 1.90 bits per heavy atom. The van der Waals surface area contributed by atoms with Crippen molar-refractivity contribution in [1.29, 1.82) is 0 Å². The van der Waals surface area contributed by atoms with Gasteiger partial charge in [-0.2, -0.15) is 4.98 Å². The zero-order valence-corrected chi connectivity index (χ0v) is 24.7. The average Bonchev–Trinajstić information content (AvgIpc) is 3.47. The maximum Gasteiger partial charge on any atom is 0.294 e. The monoisotopic (exact) mass is 660 g/mol. The molecule has 0 unspecified atom stereocenters. The van der Waals surface area contributed by atoms with Crippen molar-refractivity contribution in [2.45, 2.75) is 0 Å². The number of hydrogen-bond acceptors (Lipinski definition) is 8. The smallest absolute Gasteiger partial charge is 0.294 e. The van der Waals surface area contributed by atoms with Gasteiger partial charge in [0, 0.05) is 98.0 Å². The van der Waals surface area contributed by atoms with Gasteiger partial charge in [-0.15, -0.1) is 0 Å². The molecule has 0 aliphatic heterocycles. The van der Waals surface area contributed by atoms with Crippen LogP contribution in [-0.4, -0.2) is 62.6 Å². The summed E-state index contributed by atoms with van der Waals surface area (Å²) in [7, 11) is 9.10. The number of anilines is 3. The molecule has 0 bridgehead atoms. The first-order valence-electron chi connectivity index (χ1n) is 12.0. The molecule has 3 heterocycles. The number of hydrogen-bond donors (Lipinski definition) is 1. The molecule has 10 nitrogen and oxygen atoms in total. The van der Waals surface area contributed by atoms with Crippen LogP contribution in [0.2, 0.25) is 0 Å². The van der Waals surface area contributed by atoms with Gasteiger partial charge in [0.1, 0.15) is 11.5 Å². The Balaban J connectivity index is 1.59. The van der Waals surface area contributed by atoms with Gasteiger partial charge in [-0.1, -0.05) is 0 Å². The minimum absolute atomic E-state index is 0.00942. The number of nitrogens with zero attached hydrogens (tertiary/aromatic N) is 7. The van der Waals surface area contributed by atoms with E-state index < -0.39 is 0 Å². The molecule has 5 rings (SSSR count). The van der Waals surface area contributed by atoms with Crippen LogP contribution in [0.3, 0.4) is 0 Å². The quantitative estimate of drug-likeness (QED) is 0.113. The molecule has 1 N–H and O–H groups in total. The van der Waals surface area contributed by atoms with Crippen LogP contribution in [0.15, 0.2) is 54.9 Å². The number of aryl methyl sites for hydroxylation is 1. The molecule has 0 fully saturated rings. The fraction of sp³-hybridized carbons (Fsp3) is 0.231. The van der Waals surface area contributed by atoms with Crippen molar-refractivity contribution >= 4 is 75.3 Å². The Morgan fingerprint density at radius 3 is 2.62 bits per heavy atom. The topological polar surface area (TPSA) is 97.3 Å². The van der Waals surface area contributed by atoms with Crippen molar-refractivity contribution in [2.24, 2.45) is 7.05 Å². The van der Waals surface area contributed by atoms with E-state index >= 15 is 0 Å². The predicted octanol–water partition coefficient (Wildman–Crippen LogP) is 6.23. The van der Waals surface area contributed by atoms with Crippen LogP contribution in [0.4, 0.5) is 27.4 Å². The van der Waals surface area contributed by atoms with E-state index in [4.69, 9.17) is 9.97 Å². The van der Waals surface area contributed by atoms with Gasteiger partial charge in [0.05, 0.1) is 16.1 Å². The summed E-state index contributed by atoms with van der Waals surface area (Å²) in [5.74, 6) is -0.0136. The number of aromatic nitrogens is 4. The van der Waals surface area contributed by atoms with Gasteiger partial charge in [0.25, 0.3) is 5.69 Å². The molecular formula is C26H26FIN8O2S. The Morgan fingerprint density at radius 1 is 1.10 bits per heavy atom. The second kappa shape index (κ2) is 11.0. The van der Waals surface area contributed by atoms with Crippen LogP contribution in [0.5, 0.6) is 0 Å². The highest BCUT2D eigenvalue weighted by Crippen LogP contribution is 2.37. The number of rotatable bonds is 9. The third kappa shape index (κ3) is 5.38. The fourth-order valence-corrected chi connectivity index (χ4v) is 5.79. The highest BCUT2D eigenvalue weighted by molar-refractivity contribution is 14.2. The molecule has 5 aromatic rings. The van der Waals surface area contributed by atoms with Crippen LogP contribution in [-0.2, 0) is 7.05 Å². The van der Waals surface area contributed by atoms with Gasteiger partial charge in [-0.05, 0) is 50.5 Å². The van der Waals surface area contributed by atoms with Crippen molar-refractivity contribution in [3.63, 3.8) is 0 Å². The molecule has 0 saturated heterocycles. The lowest BCUT2D eigenvalue weighted by Crippen LogP contribution is -2.28. The minimum Gasteiger partial charge on any atom is -0.368 e. The number of benzene rings is 2. The predicted molar refractivity (Wildman–Crippen MR) is 165 cm³/mol. The fourth-order valence-electron chi connectivity index (χ4n) is 4.52. The lowest BCUT2D eigenvalue weighted by molar-refractivity contribution is -0.384. The summed E-state index contributed by atoms with van der Waals surface area (Å²) in [4.78, 5) is 25.0. The van der Waals surface area contributed by atoms with Crippen molar-refractivity contribution in [3.8, 4) is 11.3 Å². The molecule has 2 aromatic carbocycles. The van der Waals surface area contributed by atoms with Crippen LogP contribution >= 0.6 is 30.3 Å². The number of nitro groups is 1. The molecular weight excluding hydrogens is 634 g/mol. The maximum atomic E-state index is 14.0. The van der Waals surface area contributed by atoms with Crippen molar-refractivity contribution in [1.82, 2.24) is 23.4 Å². The summed E-state index contributed by atoms with van der Waals surface area (Å²) in [5.41, 5.74) is 3.97. The van der Waals surface area contributed by atoms with Gasteiger partial charge >= 0.3 is 0 Å². The third-order valence-corrected chi connectivity index (χ3v) is 8.23. The number of halogens is 2. The number of nitrogens with one attached hydrogen (secondary N) is 1. The van der Waals surface area contributed by atoms with Crippen molar-refractivity contribution < 1.29 is 9.31 Å². The molecule has 3 aromatic heterocycles. The second-order valence-corrected chi connectivity index (χ2v) is 11.2. The molecule has 0 amide bonds. The lowest BCUT2D eigenvalue weighted by Gasteiger charge is -2.21. The van der Waals surface area contributed by atoms with E-state index in [1.807, 2.05) is 65.0 Å².